The minimum Gasteiger partial charge on any atom is -0.340 e. The highest BCUT2D eigenvalue weighted by Crippen LogP contribution is 2.22. The lowest BCUT2D eigenvalue weighted by Crippen LogP contribution is -2.50. The fourth-order valence-electron chi connectivity index (χ4n) is 3.88. The second-order valence-electron chi connectivity index (χ2n) is 7.66. The number of hydrogen-bond acceptors (Lipinski definition) is 4. The van der Waals surface area contributed by atoms with Crippen molar-refractivity contribution in [2.24, 2.45) is 0 Å². The molecule has 6 nitrogen and oxygen atoms in total. The molecule has 0 spiro atoms. The van der Waals surface area contributed by atoms with E-state index in [1.807, 2.05) is 6.07 Å². The maximum absolute atomic E-state index is 13.4. The van der Waals surface area contributed by atoms with Gasteiger partial charge in [0.1, 0.15) is 11.9 Å². The SMILES string of the molecule is CC(C(=O)N1CCCN(Cc2cccc(F)c2)CC1)N(c1ccccc1)S(C)(=O)=O. The molecular formula is C22H28FN3O3S. The first kappa shape index (κ1) is 22.2. The number of nitrogens with zero attached hydrogens (tertiary/aromatic N) is 3. The lowest BCUT2D eigenvalue weighted by atomic mass is 10.2. The third-order valence-corrected chi connectivity index (χ3v) is 6.51. The van der Waals surface area contributed by atoms with Gasteiger partial charge in [-0.25, -0.2) is 12.8 Å². The van der Waals surface area contributed by atoms with Gasteiger partial charge in [-0.3, -0.25) is 14.0 Å². The number of sulfonamides is 1. The maximum atomic E-state index is 13.4. The number of amides is 1. The summed E-state index contributed by atoms with van der Waals surface area (Å²) < 4.78 is 39.5. The molecule has 0 bridgehead atoms. The zero-order valence-corrected chi connectivity index (χ0v) is 18.2. The predicted octanol–water partition coefficient (Wildman–Crippen LogP) is 2.71. The molecule has 162 valence electrons. The summed E-state index contributed by atoms with van der Waals surface area (Å²) in [5.74, 6) is -0.466. The van der Waals surface area contributed by atoms with E-state index in [-0.39, 0.29) is 11.7 Å². The van der Waals surface area contributed by atoms with Crippen molar-refractivity contribution < 1.29 is 17.6 Å². The van der Waals surface area contributed by atoms with E-state index >= 15 is 0 Å². The Morgan fingerprint density at radius 2 is 1.80 bits per heavy atom. The normalized spacial score (nSPS) is 16.7. The van der Waals surface area contributed by atoms with Gasteiger partial charge in [0.05, 0.1) is 11.9 Å². The van der Waals surface area contributed by atoms with Gasteiger partial charge >= 0.3 is 0 Å². The van der Waals surface area contributed by atoms with Crippen molar-refractivity contribution in [3.05, 3.63) is 66.0 Å². The van der Waals surface area contributed by atoms with E-state index in [1.54, 1.807) is 48.2 Å². The van der Waals surface area contributed by atoms with Crippen molar-refractivity contribution in [1.29, 1.82) is 0 Å². The number of hydrogen-bond donors (Lipinski definition) is 0. The van der Waals surface area contributed by atoms with Crippen LogP contribution in [-0.4, -0.2) is 62.6 Å². The highest BCUT2D eigenvalue weighted by molar-refractivity contribution is 7.92. The van der Waals surface area contributed by atoms with Crippen LogP contribution >= 0.6 is 0 Å². The van der Waals surface area contributed by atoms with Gasteiger partial charge in [-0.15, -0.1) is 0 Å². The number of carbonyl (C=O) groups is 1. The third kappa shape index (κ3) is 5.58. The molecule has 3 rings (SSSR count). The quantitative estimate of drug-likeness (QED) is 0.703. The van der Waals surface area contributed by atoms with E-state index in [0.717, 1.165) is 24.8 Å². The van der Waals surface area contributed by atoms with Gasteiger partial charge < -0.3 is 4.90 Å². The number of halogens is 1. The summed E-state index contributed by atoms with van der Waals surface area (Å²) in [6.07, 6.45) is 1.89. The van der Waals surface area contributed by atoms with Gasteiger partial charge in [0.15, 0.2) is 0 Å². The Balaban J connectivity index is 1.68. The average Bonchev–Trinajstić information content (AvgIpc) is 2.93. The largest absolute Gasteiger partial charge is 0.340 e. The lowest BCUT2D eigenvalue weighted by molar-refractivity contribution is -0.131. The zero-order chi connectivity index (χ0) is 21.7. The van der Waals surface area contributed by atoms with Crippen LogP contribution in [0.2, 0.25) is 0 Å². The second-order valence-corrected chi connectivity index (χ2v) is 9.51. The first-order valence-corrected chi connectivity index (χ1v) is 11.9. The summed E-state index contributed by atoms with van der Waals surface area (Å²) in [7, 11) is -3.63. The van der Waals surface area contributed by atoms with E-state index in [1.165, 1.54) is 16.4 Å². The van der Waals surface area contributed by atoms with Crippen LogP contribution in [0.1, 0.15) is 18.9 Å². The first-order valence-electron chi connectivity index (χ1n) is 10.1. The number of benzene rings is 2. The number of para-hydroxylation sites is 1. The molecule has 2 aromatic rings. The van der Waals surface area contributed by atoms with Crippen LogP contribution in [-0.2, 0) is 21.4 Å². The predicted molar refractivity (Wildman–Crippen MR) is 116 cm³/mol. The van der Waals surface area contributed by atoms with Crippen LogP contribution in [0.15, 0.2) is 54.6 Å². The van der Waals surface area contributed by atoms with Crippen LogP contribution in [0, 0.1) is 5.82 Å². The molecule has 8 heteroatoms. The zero-order valence-electron chi connectivity index (χ0n) is 17.4. The number of rotatable bonds is 6. The molecule has 1 atom stereocenters. The van der Waals surface area contributed by atoms with Crippen LogP contribution < -0.4 is 4.31 Å². The molecule has 30 heavy (non-hydrogen) atoms. The number of carbonyl (C=O) groups excluding carboxylic acids is 1. The van der Waals surface area contributed by atoms with E-state index < -0.39 is 16.1 Å². The topological polar surface area (TPSA) is 60.9 Å². The summed E-state index contributed by atoms with van der Waals surface area (Å²) in [5, 5.41) is 0. The number of anilines is 1. The van der Waals surface area contributed by atoms with Crippen LogP contribution in [0.4, 0.5) is 10.1 Å². The van der Waals surface area contributed by atoms with Crippen LogP contribution in [0.5, 0.6) is 0 Å². The van der Waals surface area contributed by atoms with Gasteiger partial charge in [-0.2, -0.15) is 0 Å². The molecule has 1 fully saturated rings. The summed E-state index contributed by atoms with van der Waals surface area (Å²) in [6.45, 7) is 4.77. The van der Waals surface area contributed by atoms with Crippen molar-refractivity contribution in [3.8, 4) is 0 Å². The molecule has 1 aliphatic rings. The van der Waals surface area contributed by atoms with Gasteiger partial charge in [0.25, 0.3) is 0 Å². The van der Waals surface area contributed by atoms with Crippen molar-refractivity contribution in [2.75, 3.05) is 36.7 Å². The Hall–Kier alpha value is -2.45. The molecule has 1 amide bonds. The van der Waals surface area contributed by atoms with E-state index in [2.05, 4.69) is 4.90 Å². The van der Waals surface area contributed by atoms with Crippen molar-refractivity contribution in [3.63, 3.8) is 0 Å². The van der Waals surface area contributed by atoms with Crippen LogP contribution in [0.3, 0.4) is 0 Å². The smallest absolute Gasteiger partial charge is 0.246 e. The minimum absolute atomic E-state index is 0.211. The molecule has 0 aliphatic carbocycles. The third-order valence-electron chi connectivity index (χ3n) is 5.27. The van der Waals surface area contributed by atoms with Gasteiger partial charge in [-0.05, 0) is 43.2 Å². The highest BCUT2D eigenvalue weighted by Gasteiger charge is 2.32. The molecule has 0 radical (unpaired) electrons. The molecule has 1 saturated heterocycles. The minimum atomic E-state index is -3.63. The van der Waals surface area contributed by atoms with Crippen molar-refractivity contribution in [2.45, 2.75) is 25.9 Å². The van der Waals surface area contributed by atoms with E-state index in [9.17, 15) is 17.6 Å². The Morgan fingerprint density at radius 1 is 1.07 bits per heavy atom. The standard InChI is InChI=1S/C22H28FN3O3S/c1-18(26(30(2,28)29)21-10-4-3-5-11-21)22(27)25-13-7-12-24(14-15-25)17-19-8-6-9-20(23)16-19/h3-6,8-11,16,18H,7,12-15,17H2,1-2H3. The Labute approximate surface area is 177 Å². The van der Waals surface area contributed by atoms with E-state index in [0.29, 0.717) is 31.9 Å². The molecule has 1 heterocycles. The molecule has 1 aliphatic heterocycles. The summed E-state index contributed by atoms with van der Waals surface area (Å²) in [5.41, 5.74) is 1.37. The second kappa shape index (κ2) is 9.57. The fourth-order valence-corrected chi connectivity index (χ4v) is 5.05. The molecule has 2 aromatic carbocycles. The summed E-state index contributed by atoms with van der Waals surface area (Å²) in [4.78, 5) is 17.1. The van der Waals surface area contributed by atoms with E-state index in [4.69, 9.17) is 0 Å². The summed E-state index contributed by atoms with van der Waals surface area (Å²) >= 11 is 0. The summed E-state index contributed by atoms with van der Waals surface area (Å²) in [6, 6.07) is 14.4. The highest BCUT2D eigenvalue weighted by atomic mass is 32.2. The molecule has 0 aromatic heterocycles. The van der Waals surface area contributed by atoms with Crippen molar-refractivity contribution >= 4 is 21.6 Å². The Bertz CT molecular complexity index is 969. The Morgan fingerprint density at radius 3 is 2.47 bits per heavy atom. The molecule has 0 N–H and O–H groups in total. The average molecular weight is 434 g/mol. The van der Waals surface area contributed by atoms with Crippen molar-refractivity contribution in [1.82, 2.24) is 9.80 Å². The Kier molecular flexibility index (Phi) is 7.10. The van der Waals surface area contributed by atoms with Gasteiger partial charge in [0, 0.05) is 32.7 Å². The molecule has 1 unspecified atom stereocenters. The molecule has 0 saturated carbocycles. The van der Waals surface area contributed by atoms with Gasteiger partial charge in [-0.1, -0.05) is 30.3 Å². The monoisotopic (exact) mass is 433 g/mol. The lowest BCUT2D eigenvalue weighted by Gasteiger charge is -2.32. The van der Waals surface area contributed by atoms with Gasteiger partial charge in [0.2, 0.25) is 15.9 Å². The van der Waals surface area contributed by atoms with Crippen LogP contribution in [0.25, 0.3) is 0 Å². The fraction of sp³-hybridized carbons (Fsp3) is 0.409. The molecular weight excluding hydrogens is 405 g/mol. The maximum Gasteiger partial charge on any atom is 0.246 e. The first-order chi connectivity index (χ1) is 14.3.